The molecule has 1 amide bonds. The smallest absolute Gasteiger partial charge is 0.328 e. The summed E-state index contributed by atoms with van der Waals surface area (Å²) in [6.45, 7) is -0.376. The van der Waals surface area contributed by atoms with Gasteiger partial charge in [-0.2, -0.15) is 0 Å². The molecular weight excluding hydrogens is 378 g/mol. The number of aromatic nitrogens is 4. The molecule has 0 saturated heterocycles. The van der Waals surface area contributed by atoms with E-state index in [0.717, 1.165) is 9.04 Å². The van der Waals surface area contributed by atoms with Crippen LogP contribution in [0.1, 0.15) is 0 Å². The lowest BCUT2D eigenvalue weighted by atomic mass is 10.3. The topological polar surface area (TPSA) is 90.9 Å². The van der Waals surface area contributed by atoms with Gasteiger partial charge in [-0.25, -0.2) is 14.3 Å². The highest BCUT2D eigenvalue weighted by molar-refractivity contribution is 9.10. The van der Waals surface area contributed by atoms with E-state index in [0.29, 0.717) is 5.69 Å². The third-order valence-electron chi connectivity index (χ3n) is 3.61. The van der Waals surface area contributed by atoms with Crippen LogP contribution in [0.5, 0.6) is 0 Å². The van der Waals surface area contributed by atoms with Gasteiger partial charge in [0.05, 0.1) is 6.33 Å². The summed E-state index contributed by atoms with van der Waals surface area (Å²) in [4.78, 5) is 41.1. The van der Waals surface area contributed by atoms with Gasteiger partial charge in [-0.1, -0.05) is 22.0 Å². The van der Waals surface area contributed by atoms with Gasteiger partial charge in [0.1, 0.15) is 6.54 Å². The fraction of sp³-hybridized carbons (Fsp3) is 0.200. The SMILES string of the molecule is Cn1cnc2c1c(=O)n(CC(=O)Nc1cccc(Br)c1)c(=O)n2C. The van der Waals surface area contributed by atoms with Gasteiger partial charge in [-0.15, -0.1) is 0 Å². The summed E-state index contributed by atoms with van der Waals surface area (Å²) >= 11 is 3.31. The van der Waals surface area contributed by atoms with Crippen molar-refractivity contribution in [1.29, 1.82) is 0 Å². The number of aryl methyl sites for hydroxylation is 2. The highest BCUT2D eigenvalue weighted by Gasteiger charge is 2.17. The zero-order chi connectivity index (χ0) is 17.4. The number of hydrogen-bond acceptors (Lipinski definition) is 4. The number of carbonyl (C=O) groups excluding carboxylic acids is 1. The Morgan fingerprint density at radius 3 is 2.75 bits per heavy atom. The number of fused-ring (bicyclic) bond motifs is 1. The highest BCUT2D eigenvalue weighted by atomic mass is 79.9. The van der Waals surface area contributed by atoms with E-state index in [4.69, 9.17) is 0 Å². The Morgan fingerprint density at radius 1 is 1.29 bits per heavy atom. The fourth-order valence-electron chi connectivity index (χ4n) is 2.45. The normalized spacial score (nSPS) is 11.0. The van der Waals surface area contributed by atoms with E-state index >= 15 is 0 Å². The molecule has 8 nitrogen and oxygen atoms in total. The minimum Gasteiger partial charge on any atom is -0.328 e. The van der Waals surface area contributed by atoms with Crippen molar-refractivity contribution < 1.29 is 4.79 Å². The second-order valence-electron chi connectivity index (χ2n) is 5.32. The van der Waals surface area contributed by atoms with Gasteiger partial charge >= 0.3 is 5.69 Å². The molecule has 9 heteroatoms. The molecule has 0 aliphatic heterocycles. The Labute approximate surface area is 144 Å². The number of amides is 1. The first-order chi connectivity index (χ1) is 11.4. The molecule has 0 unspecified atom stereocenters. The monoisotopic (exact) mass is 391 g/mol. The summed E-state index contributed by atoms with van der Waals surface area (Å²) < 4.78 is 4.49. The van der Waals surface area contributed by atoms with Crippen molar-refractivity contribution in [1.82, 2.24) is 18.7 Å². The van der Waals surface area contributed by atoms with Crippen LogP contribution in [0.4, 0.5) is 5.69 Å². The summed E-state index contributed by atoms with van der Waals surface area (Å²) in [6, 6.07) is 7.04. The van der Waals surface area contributed by atoms with Crippen molar-refractivity contribution >= 4 is 38.7 Å². The molecular formula is C15H14BrN5O3. The molecule has 0 radical (unpaired) electrons. The average Bonchev–Trinajstić information content (AvgIpc) is 2.91. The van der Waals surface area contributed by atoms with Gasteiger partial charge in [0.2, 0.25) is 5.91 Å². The standard InChI is InChI=1S/C15H14BrN5O3/c1-19-8-17-13-12(19)14(23)21(15(24)20(13)2)7-11(22)18-10-5-3-4-9(16)6-10/h3-6,8H,7H2,1-2H3,(H,18,22). The van der Waals surface area contributed by atoms with Gasteiger partial charge in [0, 0.05) is 24.3 Å². The molecule has 3 aromatic rings. The van der Waals surface area contributed by atoms with Crippen molar-refractivity contribution in [2.24, 2.45) is 14.1 Å². The fourth-order valence-corrected chi connectivity index (χ4v) is 2.85. The summed E-state index contributed by atoms with van der Waals surface area (Å²) in [5.74, 6) is -0.464. The number of benzene rings is 1. The van der Waals surface area contributed by atoms with Gasteiger partial charge < -0.3 is 9.88 Å². The zero-order valence-corrected chi connectivity index (χ0v) is 14.6. The van der Waals surface area contributed by atoms with Crippen LogP contribution < -0.4 is 16.6 Å². The molecule has 2 aromatic heterocycles. The van der Waals surface area contributed by atoms with Crippen molar-refractivity contribution in [2.45, 2.75) is 6.54 Å². The molecule has 124 valence electrons. The second kappa shape index (κ2) is 6.08. The first-order valence-electron chi connectivity index (χ1n) is 7.04. The van der Waals surface area contributed by atoms with Crippen molar-refractivity contribution in [3.63, 3.8) is 0 Å². The Kier molecular flexibility index (Phi) is 4.10. The number of halogens is 1. The maximum Gasteiger partial charge on any atom is 0.332 e. The van der Waals surface area contributed by atoms with E-state index in [-0.39, 0.29) is 17.7 Å². The zero-order valence-electron chi connectivity index (χ0n) is 13.0. The molecule has 0 bridgehead atoms. The summed E-state index contributed by atoms with van der Waals surface area (Å²) in [6.07, 6.45) is 1.46. The van der Waals surface area contributed by atoms with E-state index < -0.39 is 17.2 Å². The molecule has 2 heterocycles. The molecule has 1 N–H and O–H groups in total. The largest absolute Gasteiger partial charge is 0.332 e. The van der Waals surface area contributed by atoms with Crippen LogP contribution >= 0.6 is 15.9 Å². The van der Waals surface area contributed by atoms with Crippen LogP contribution in [0.15, 0.2) is 44.7 Å². The van der Waals surface area contributed by atoms with Crippen LogP contribution in [0.3, 0.4) is 0 Å². The number of imidazole rings is 1. The number of nitrogens with one attached hydrogen (secondary N) is 1. The predicted octanol–water partition coefficient (Wildman–Crippen LogP) is 0.835. The molecule has 0 aliphatic rings. The first kappa shape index (κ1) is 16.2. The first-order valence-corrected chi connectivity index (χ1v) is 7.84. The van der Waals surface area contributed by atoms with Crippen molar-refractivity contribution in [3.05, 3.63) is 55.9 Å². The van der Waals surface area contributed by atoms with Crippen molar-refractivity contribution in [3.8, 4) is 0 Å². The maximum absolute atomic E-state index is 12.5. The van der Waals surface area contributed by atoms with Crippen molar-refractivity contribution in [2.75, 3.05) is 5.32 Å². The lowest BCUT2D eigenvalue weighted by Crippen LogP contribution is -2.42. The Morgan fingerprint density at radius 2 is 2.04 bits per heavy atom. The summed E-state index contributed by atoms with van der Waals surface area (Å²) in [7, 11) is 3.17. The third-order valence-corrected chi connectivity index (χ3v) is 4.10. The minimum absolute atomic E-state index is 0.271. The van der Waals surface area contributed by atoms with E-state index in [1.54, 1.807) is 25.2 Å². The molecule has 3 rings (SSSR count). The van der Waals surface area contributed by atoms with Crippen LogP contribution in [0, 0.1) is 0 Å². The van der Waals surface area contributed by atoms with E-state index in [9.17, 15) is 14.4 Å². The highest BCUT2D eigenvalue weighted by Crippen LogP contribution is 2.15. The van der Waals surface area contributed by atoms with Crippen LogP contribution in [0.25, 0.3) is 11.2 Å². The Bertz CT molecular complexity index is 1060. The summed E-state index contributed by atoms with van der Waals surface area (Å²) in [5, 5.41) is 2.66. The summed E-state index contributed by atoms with van der Waals surface area (Å²) in [5.41, 5.74) is -0.00236. The molecule has 1 aromatic carbocycles. The van der Waals surface area contributed by atoms with Crippen LogP contribution in [0.2, 0.25) is 0 Å². The van der Waals surface area contributed by atoms with E-state index in [1.807, 2.05) is 6.07 Å². The predicted molar refractivity (Wildman–Crippen MR) is 93.0 cm³/mol. The van der Waals surface area contributed by atoms with Gasteiger partial charge in [0.15, 0.2) is 11.2 Å². The number of hydrogen-bond donors (Lipinski definition) is 1. The quantitative estimate of drug-likeness (QED) is 0.715. The molecule has 0 fully saturated rings. The lowest BCUT2D eigenvalue weighted by molar-refractivity contribution is -0.116. The van der Waals surface area contributed by atoms with Gasteiger partial charge in [-0.3, -0.25) is 14.2 Å². The van der Waals surface area contributed by atoms with E-state index in [1.165, 1.54) is 22.5 Å². The van der Waals surface area contributed by atoms with Crippen LogP contribution in [-0.4, -0.2) is 24.6 Å². The number of rotatable bonds is 3. The maximum atomic E-state index is 12.5. The van der Waals surface area contributed by atoms with Gasteiger partial charge in [0.25, 0.3) is 5.56 Å². The average molecular weight is 392 g/mol. The number of nitrogens with zero attached hydrogens (tertiary/aromatic N) is 4. The molecule has 0 spiro atoms. The number of anilines is 1. The number of carbonyl (C=O) groups is 1. The van der Waals surface area contributed by atoms with Crippen LogP contribution in [-0.2, 0) is 25.4 Å². The second-order valence-corrected chi connectivity index (χ2v) is 6.23. The molecule has 0 saturated carbocycles. The Balaban J connectivity index is 1.98. The molecule has 0 atom stereocenters. The molecule has 0 aliphatic carbocycles. The van der Waals surface area contributed by atoms with E-state index in [2.05, 4.69) is 26.2 Å². The molecule has 24 heavy (non-hydrogen) atoms. The Hall–Kier alpha value is -2.68. The van der Waals surface area contributed by atoms with Gasteiger partial charge in [-0.05, 0) is 18.2 Å². The lowest BCUT2D eigenvalue weighted by Gasteiger charge is -2.09. The third kappa shape index (κ3) is 2.78. The minimum atomic E-state index is -0.587.